The summed E-state index contributed by atoms with van der Waals surface area (Å²) in [6.45, 7) is 1.25. The van der Waals surface area contributed by atoms with Crippen molar-refractivity contribution in [3.8, 4) is 0 Å². The maximum absolute atomic E-state index is 10.1. The molecule has 1 aliphatic heterocycles. The molecule has 2 nitrogen and oxygen atoms in total. The van der Waals surface area contributed by atoms with Crippen LogP contribution in [0.4, 0.5) is 0 Å². The Bertz CT molecular complexity index is 237. The number of likely N-dealkylation sites (tertiary alicyclic amines) is 1. The molecule has 3 fully saturated rings. The molecule has 0 radical (unpaired) electrons. The van der Waals surface area contributed by atoms with Gasteiger partial charge in [-0.25, -0.2) is 0 Å². The Morgan fingerprint density at radius 3 is 2.19 bits per heavy atom. The van der Waals surface area contributed by atoms with Crippen molar-refractivity contribution >= 4 is 0 Å². The minimum atomic E-state index is -0.0259. The van der Waals surface area contributed by atoms with Crippen LogP contribution >= 0.6 is 0 Å². The lowest BCUT2D eigenvalue weighted by atomic mass is 9.94. The lowest BCUT2D eigenvalue weighted by Crippen LogP contribution is -2.45. The molecule has 0 bridgehead atoms. The zero-order valence-electron chi connectivity index (χ0n) is 10.3. The van der Waals surface area contributed by atoms with E-state index in [1.807, 2.05) is 0 Å². The Morgan fingerprint density at radius 2 is 1.50 bits per heavy atom. The van der Waals surface area contributed by atoms with E-state index >= 15 is 0 Å². The van der Waals surface area contributed by atoms with Crippen molar-refractivity contribution in [2.75, 3.05) is 6.54 Å². The molecule has 3 atom stereocenters. The molecule has 1 unspecified atom stereocenters. The van der Waals surface area contributed by atoms with Crippen LogP contribution in [0.5, 0.6) is 0 Å². The molecular formula is C14H25NO. The van der Waals surface area contributed by atoms with Crippen molar-refractivity contribution in [3.05, 3.63) is 0 Å². The molecule has 1 heterocycles. The first-order valence-electron chi connectivity index (χ1n) is 7.30. The highest BCUT2D eigenvalue weighted by Crippen LogP contribution is 2.39. The standard InChI is InChI=1S/C14H25NO/c16-14-9-3-7-13(14)15-10-4-8-12(15)11-5-1-2-6-11/h11-14,16H,1-10H2/t12?,13-,14-/m1/s1. The third-order valence-corrected chi connectivity index (χ3v) is 5.16. The zero-order chi connectivity index (χ0) is 11.0. The van der Waals surface area contributed by atoms with Gasteiger partial charge in [0.25, 0.3) is 0 Å². The van der Waals surface area contributed by atoms with Crippen molar-refractivity contribution in [1.82, 2.24) is 4.90 Å². The van der Waals surface area contributed by atoms with Gasteiger partial charge in [-0.1, -0.05) is 12.8 Å². The van der Waals surface area contributed by atoms with Gasteiger partial charge in [0.15, 0.2) is 0 Å². The van der Waals surface area contributed by atoms with E-state index in [0.717, 1.165) is 18.4 Å². The van der Waals surface area contributed by atoms with Crippen LogP contribution in [0.15, 0.2) is 0 Å². The molecule has 3 rings (SSSR count). The monoisotopic (exact) mass is 223 g/mol. The number of hydrogen-bond acceptors (Lipinski definition) is 2. The summed E-state index contributed by atoms with van der Waals surface area (Å²) in [6, 6.07) is 1.33. The molecular weight excluding hydrogens is 198 g/mol. The van der Waals surface area contributed by atoms with Crippen molar-refractivity contribution in [2.45, 2.75) is 76.0 Å². The molecule has 0 aromatic rings. The van der Waals surface area contributed by atoms with Gasteiger partial charge in [0.2, 0.25) is 0 Å². The van der Waals surface area contributed by atoms with Crippen molar-refractivity contribution < 1.29 is 5.11 Å². The van der Waals surface area contributed by atoms with E-state index in [-0.39, 0.29) is 6.10 Å². The van der Waals surface area contributed by atoms with Gasteiger partial charge in [0, 0.05) is 12.1 Å². The molecule has 0 amide bonds. The second-order valence-corrected chi connectivity index (χ2v) is 6.06. The molecule has 1 saturated heterocycles. The predicted octanol–water partition coefficient (Wildman–Crippen LogP) is 2.55. The van der Waals surface area contributed by atoms with Gasteiger partial charge in [-0.3, -0.25) is 4.90 Å². The van der Waals surface area contributed by atoms with Gasteiger partial charge in [-0.05, 0) is 57.4 Å². The Hall–Kier alpha value is -0.0800. The highest BCUT2D eigenvalue weighted by molar-refractivity contribution is 4.95. The smallest absolute Gasteiger partial charge is 0.0695 e. The summed E-state index contributed by atoms with van der Waals surface area (Å²) in [5.74, 6) is 0.954. The Balaban J connectivity index is 1.68. The number of nitrogens with zero attached hydrogens (tertiary/aromatic N) is 1. The maximum atomic E-state index is 10.1. The summed E-state index contributed by atoms with van der Waals surface area (Å²) in [5, 5.41) is 10.1. The molecule has 2 aliphatic carbocycles. The summed E-state index contributed by atoms with van der Waals surface area (Å²) in [5.41, 5.74) is 0. The molecule has 0 aromatic carbocycles. The molecule has 0 spiro atoms. The Kier molecular flexibility index (Phi) is 3.21. The summed E-state index contributed by atoms with van der Waals surface area (Å²) in [4.78, 5) is 2.69. The summed E-state index contributed by atoms with van der Waals surface area (Å²) >= 11 is 0. The molecule has 2 saturated carbocycles. The number of aliphatic hydroxyl groups is 1. The SMILES string of the molecule is O[C@@H]1CCC[C@H]1N1CCCC1C1CCCC1. The van der Waals surface area contributed by atoms with Gasteiger partial charge in [-0.2, -0.15) is 0 Å². The number of hydrogen-bond donors (Lipinski definition) is 1. The lowest BCUT2D eigenvalue weighted by Gasteiger charge is -2.35. The average molecular weight is 223 g/mol. The van der Waals surface area contributed by atoms with Crippen LogP contribution < -0.4 is 0 Å². The van der Waals surface area contributed by atoms with E-state index in [1.165, 1.54) is 57.9 Å². The summed E-state index contributed by atoms with van der Waals surface area (Å²) < 4.78 is 0. The quantitative estimate of drug-likeness (QED) is 0.777. The first-order valence-corrected chi connectivity index (χ1v) is 7.30. The molecule has 16 heavy (non-hydrogen) atoms. The third kappa shape index (κ3) is 1.91. The second-order valence-electron chi connectivity index (χ2n) is 6.06. The van der Waals surface area contributed by atoms with Gasteiger partial charge >= 0.3 is 0 Å². The van der Waals surface area contributed by atoms with Crippen LogP contribution in [-0.4, -0.2) is 34.7 Å². The minimum absolute atomic E-state index is 0.0259. The van der Waals surface area contributed by atoms with E-state index < -0.39 is 0 Å². The van der Waals surface area contributed by atoms with Crippen LogP contribution in [0.3, 0.4) is 0 Å². The first kappa shape index (κ1) is 11.0. The van der Waals surface area contributed by atoms with E-state index in [1.54, 1.807) is 0 Å². The molecule has 1 N–H and O–H groups in total. The molecule has 3 aliphatic rings. The Labute approximate surface area is 99.0 Å². The fourth-order valence-corrected chi connectivity index (χ4v) is 4.38. The fraction of sp³-hybridized carbons (Fsp3) is 1.00. The average Bonchev–Trinajstić information content (AvgIpc) is 2.95. The highest BCUT2D eigenvalue weighted by Gasteiger charge is 2.40. The first-order chi connectivity index (χ1) is 7.86. The van der Waals surface area contributed by atoms with Crippen LogP contribution in [-0.2, 0) is 0 Å². The highest BCUT2D eigenvalue weighted by atomic mass is 16.3. The second kappa shape index (κ2) is 4.66. The van der Waals surface area contributed by atoms with E-state index in [2.05, 4.69) is 4.90 Å². The predicted molar refractivity (Wildman–Crippen MR) is 65.3 cm³/mol. The third-order valence-electron chi connectivity index (χ3n) is 5.16. The summed E-state index contributed by atoms with van der Waals surface area (Å²) in [6.07, 6.45) is 12.0. The van der Waals surface area contributed by atoms with Crippen LogP contribution in [0.1, 0.15) is 57.8 Å². The minimum Gasteiger partial charge on any atom is -0.391 e. The summed E-state index contributed by atoms with van der Waals surface area (Å²) in [7, 11) is 0. The maximum Gasteiger partial charge on any atom is 0.0695 e. The van der Waals surface area contributed by atoms with E-state index in [9.17, 15) is 5.11 Å². The number of rotatable bonds is 2. The van der Waals surface area contributed by atoms with E-state index in [4.69, 9.17) is 0 Å². The van der Waals surface area contributed by atoms with Crippen molar-refractivity contribution in [2.24, 2.45) is 5.92 Å². The molecule has 0 aromatic heterocycles. The fourth-order valence-electron chi connectivity index (χ4n) is 4.38. The van der Waals surface area contributed by atoms with Gasteiger partial charge in [-0.15, -0.1) is 0 Å². The Morgan fingerprint density at radius 1 is 0.750 bits per heavy atom. The zero-order valence-corrected chi connectivity index (χ0v) is 10.3. The van der Waals surface area contributed by atoms with Crippen molar-refractivity contribution in [3.63, 3.8) is 0 Å². The van der Waals surface area contributed by atoms with E-state index in [0.29, 0.717) is 6.04 Å². The van der Waals surface area contributed by atoms with Gasteiger partial charge in [0.1, 0.15) is 0 Å². The topological polar surface area (TPSA) is 23.5 Å². The largest absolute Gasteiger partial charge is 0.391 e. The number of aliphatic hydroxyl groups excluding tert-OH is 1. The molecule has 2 heteroatoms. The normalized spacial score (nSPS) is 42.2. The van der Waals surface area contributed by atoms with Crippen LogP contribution in [0, 0.1) is 5.92 Å². The van der Waals surface area contributed by atoms with Gasteiger partial charge in [0.05, 0.1) is 6.10 Å². The molecule has 92 valence electrons. The van der Waals surface area contributed by atoms with Crippen LogP contribution in [0.25, 0.3) is 0 Å². The van der Waals surface area contributed by atoms with Crippen LogP contribution in [0.2, 0.25) is 0 Å². The van der Waals surface area contributed by atoms with Gasteiger partial charge < -0.3 is 5.11 Å². The van der Waals surface area contributed by atoms with Crippen molar-refractivity contribution in [1.29, 1.82) is 0 Å². The lowest BCUT2D eigenvalue weighted by molar-refractivity contribution is 0.0473.